The third kappa shape index (κ3) is 3.24. The quantitative estimate of drug-likeness (QED) is 0.241. The van der Waals surface area contributed by atoms with E-state index in [1.54, 1.807) is 0 Å². The van der Waals surface area contributed by atoms with Crippen LogP contribution in [0.2, 0.25) is 0 Å². The van der Waals surface area contributed by atoms with Crippen LogP contribution in [-0.4, -0.2) is 0 Å². The maximum atomic E-state index is 3.96. The first-order valence-corrected chi connectivity index (χ1v) is 14.5. The largest absolute Gasteiger partial charge is 0.354 e. The molecule has 6 aromatic carbocycles. The lowest BCUT2D eigenvalue weighted by Gasteiger charge is -2.34. The Kier molecular flexibility index (Phi) is 5.15. The van der Waals surface area contributed by atoms with Crippen LogP contribution in [0, 0.1) is 0 Å². The van der Waals surface area contributed by atoms with E-state index in [-0.39, 0.29) is 5.41 Å². The molecule has 1 nitrogen and oxygen atoms in total. The van der Waals surface area contributed by atoms with E-state index in [1.807, 2.05) is 0 Å². The molecule has 8 rings (SSSR count). The van der Waals surface area contributed by atoms with Gasteiger partial charge in [-0.1, -0.05) is 147 Å². The van der Waals surface area contributed by atoms with Crippen LogP contribution in [0.3, 0.4) is 0 Å². The minimum absolute atomic E-state index is 0.0371. The first kappa shape index (κ1) is 24.0. The van der Waals surface area contributed by atoms with Crippen LogP contribution in [0.5, 0.6) is 0 Å². The standard InChI is InChI=1S/C40H31N/c1-39(2)31-21-11-9-19-29(31)37-33(39)23-13-25-35(37)41-36-26-14-24-34-38(36)30-20-10-12-22-32(30)40(34,27-15-5-3-6-16-27)28-17-7-4-8-18-28/h3-26,41H,1-2H3. The minimum atomic E-state index is -0.403. The summed E-state index contributed by atoms with van der Waals surface area (Å²) in [6.07, 6.45) is 0. The van der Waals surface area contributed by atoms with Crippen molar-refractivity contribution in [2.75, 3.05) is 5.32 Å². The van der Waals surface area contributed by atoms with Crippen LogP contribution in [0.1, 0.15) is 47.2 Å². The zero-order valence-electron chi connectivity index (χ0n) is 23.4. The lowest BCUT2D eigenvalue weighted by Crippen LogP contribution is -2.28. The van der Waals surface area contributed by atoms with Gasteiger partial charge in [0.1, 0.15) is 0 Å². The molecule has 2 aliphatic rings. The molecule has 0 fully saturated rings. The average molecular weight is 526 g/mol. The van der Waals surface area contributed by atoms with Gasteiger partial charge in [0.05, 0.1) is 5.41 Å². The fourth-order valence-corrected chi connectivity index (χ4v) is 7.60. The fourth-order valence-electron chi connectivity index (χ4n) is 7.60. The van der Waals surface area contributed by atoms with Gasteiger partial charge in [-0.05, 0) is 56.6 Å². The summed E-state index contributed by atoms with van der Waals surface area (Å²) in [5.41, 5.74) is 15.0. The molecule has 0 aliphatic heterocycles. The lowest BCUT2D eigenvalue weighted by atomic mass is 9.68. The van der Waals surface area contributed by atoms with E-state index >= 15 is 0 Å². The zero-order valence-corrected chi connectivity index (χ0v) is 23.4. The fraction of sp³-hybridized carbons (Fsp3) is 0.100. The summed E-state index contributed by atoms with van der Waals surface area (Å²) < 4.78 is 0. The molecule has 0 amide bonds. The highest BCUT2D eigenvalue weighted by atomic mass is 14.9. The molecular weight excluding hydrogens is 494 g/mol. The number of benzene rings is 6. The second-order valence-corrected chi connectivity index (χ2v) is 11.8. The third-order valence-corrected chi connectivity index (χ3v) is 9.36. The summed E-state index contributed by atoms with van der Waals surface area (Å²) in [6, 6.07) is 53.3. The molecule has 0 atom stereocenters. The van der Waals surface area contributed by atoms with Gasteiger partial charge < -0.3 is 5.32 Å². The Bertz CT molecular complexity index is 1890. The van der Waals surface area contributed by atoms with Gasteiger partial charge in [0.2, 0.25) is 0 Å². The van der Waals surface area contributed by atoms with Crippen molar-refractivity contribution >= 4 is 11.4 Å². The predicted octanol–water partition coefficient (Wildman–Crippen LogP) is 10.1. The topological polar surface area (TPSA) is 12.0 Å². The van der Waals surface area contributed by atoms with Gasteiger partial charge >= 0.3 is 0 Å². The second-order valence-electron chi connectivity index (χ2n) is 11.8. The average Bonchev–Trinajstić information content (AvgIpc) is 3.46. The second kappa shape index (κ2) is 8.81. The molecular formula is C40H31N. The van der Waals surface area contributed by atoms with Crippen molar-refractivity contribution in [3.63, 3.8) is 0 Å². The Hall–Kier alpha value is -4.88. The summed E-state index contributed by atoms with van der Waals surface area (Å²) >= 11 is 0. The van der Waals surface area contributed by atoms with E-state index in [0.29, 0.717) is 0 Å². The Morgan fingerprint density at radius 3 is 1.44 bits per heavy atom. The molecule has 0 saturated carbocycles. The number of nitrogens with one attached hydrogen (secondary N) is 1. The summed E-state index contributed by atoms with van der Waals surface area (Å²) in [4.78, 5) is 0. The first-order chi connectivity index (χ1) is 20.1. The Balaban J connectivity index is 1.39. The van der Waals surface area contributed by atoms with Crippen molar-refractivity contribution < 1.29 is 0 Å². The lowest BCUT2D eigenvalue weighted by molar-refractivity contribution is 0.660. The van der Waals surface area contributed by atoms with Crippen molar-refractivity contribution in [3.05, 3.63) is 179 Å². The van der Waals surface area contributed by atoms with Gasteiger partial charge in [0, 0.05) is 27.9 Å². The summed E-state index contributed by atoms with van der Waals surface area (Å²) in [6.45, 7) is 4.68. The highest BCUT2D eigenvalue weighted by Crippen LogP contribution is 2.59. The van der Waals surface area contributed by atoms with E-state index in [2.05, 4.69) is 165 Å². The third-order valence-electron chi connectivity index (χ3n) is 9.36. The molecule has 196 valence electrons. The van der Waals surface area contributed by atoms with E-state index in [0.717, 1.165) is 11.4 Å². The van der Waals surface area contributed by atoms with Crippen LogP contribution in [0.25, 0.3) is 22.3 Å². The number of hydrogen-bond acceptors (Lipinski definition) is 1. The zero-order chi connectivity index (χ0) is 27.6. The number of hydrogen-bond donors (Lipinski definition) is 1. The molecule has 0 heterocycles. The highest BCUT2D eigenvalue weighted by Gasteiger charge is 2.47. The van der Waals surface area contributed by atoms with Crippen LogP contribution in [0.4, 0.5) is 11.4 Å². The maximum Gasteiger partial charge on any atom is 0.0714 e. The van der Waals surface area contributed by atoms with Gasteiger partial charge in [0.25, 0.3) is 0 Å². The smallest absolute Gasteiger partial charge is 0.0714 e. The van der Waals surface area contributed by atoms with E-state index < -0.39 is 5.41 Å². The number of fused-ring (bicyclic) bond motifs is 6. The van der Waals surface area contributed by atoms with Gasteiger partial charge in [-0.15, -0.1) is 0 Å². The molecule has 0 radical (unpaired) electrons. The van der Waals surface area contributed by atoms with E-state index in [1.165, 1.54) is 55.6 Å². The molecule has 0 saturated heterocycles. The van der Waals surface area contributed by atoms with Crippen molar-refractivity contribution in [1.82, 2.24) is 0 Å². The van der Waals surface area contributed by atoms with Gasteiger partial charge in [-0.25, -0.2) is 0 Å². The number of anilines is 2. The Morgan fingerprint density at radius 2 is 0.829 bits per heavy atom. The van der Waals surface area contributed by atoms with Crippen molar-refractivity contribution in [3.8, 4) is 22.3 Å². The molecule has 41 heavy (non-hydrogen) atoms. The summed E-state index contributed by atoms with van der Waals surface area (Å²) in [5.74, 6) is 0. The van der Waals surface area contributed by atoms with Crippen molar-refractivity contribution in [2.24, 2.45) is 0 Å². The summed E-state index contributed by atoms with van der Waals surface area (Å²) in [7, 11) is 0. The van der Waals surface area contributed by atoms with Gasteiger partial charge in [-0.3, -0.25) is 0 Å². The predicted molar refractivity (Wildman–Crippen MR) is 171 cm³/mol. The first-order valence-electron chi connectivity index (χ1n) is 14.5. The van der Waals surface area contributed by atoms with Crippen LogP contribution < -0.4 is 5.32 Å². The molecule has 0 spiro atoms. The molecule has 2 aliphatic carbocycles. The van der Waals surface area contributed by atoms with Crippen LogP contribution in [0.15, 0.2) is 146 Å². The van der Waals surface area contributed by atoms with Crippen LogP contribution in [-0.2, 0) is 10.8 Å². The number of rotatable bonds is 4. The molecule has 0 unspecified atom stereocenters. The van der Waals surface area contributed by atoms with Crippen molar-refractivity contribution in [1.29, 1.82) is 0 Å². The van der Waals surface area contributed by atoms with Gasteiger partial charge in [-0.2, -0.15) is 0 Å². The normalized spacial score (nSPS) is 15.0. The molecule has 6 aromatic rings. The van der Waals surface area contributed by atoms with Gasteiger partial charge in [0.15, 0.2) is 0 Å². The van der Waals surface area contributed by atoms with E-state index in [9.17, 15) is 0 Å². The van der Waals surface area contributed by atoms with Crippen molar-refractivity contribution in [2.45, 2.75) is 24.7 Å². The Labute approximate surface area is 242 Å². The SMILES string of the molecule is CC1(C)c2ccccc2-c2c(Nc3cccc4c3-c3ccccc3C4(c3ccccc3)c3ccccc3)cccc21. The molecule has 1 heteroatoms. The maximum absolute atomic E-state index is 3.96. The molecule has 0 aromatic heterocycles. The Morgan fingerprint density at radius 1 is 0.390 bits per heavy atom. The summed E-state index contributed by atoms with van der Waals surface area (Å²) in [5, 5.41) is 3.96. The highest BCUT2D eigenvalue weighted by molar-refractivity contribution is 5.97. The monoisotopic (exact) mass is 525 g/mol. The minimum Gasteiger partial charge on any atom is -0.354 e. The molecule has 0 bridgehead atoms. The van der Waals surface area contributed by atoms with E-state index in [4.69, 9.17) is 0 Å². The molecule has 1 N–H and O–H groups in total. The van der Waals surface area contributed by atoms with Crippen LogP contribution >= 0.6 is 0 Å².